The average molecular weight is 293 g/mol. The molecular weight excluding hydrogens is 270 g/mol. The van der Waals surface area contributed by atoms with Crippen molar-refractivity contribution >= 4 is 11.9 Å². The minimum atomic E-state index is -0.774. The van der Waals surface area contributed by atoms with Crippen LogP contribution in [0.25, 0.3) is 0 Å². The lowest BCUT2D eigenvalue weighted by atomic mass is 9.73. The third kappa shape index (κ3) is 1.86. The molecule has 4 rings (SSSR count). The first-order valence-corrected chi connectivity index (χ1v) is 8.14. The summed E-state index contributed by atoms with van der Waals surface area (Å²) < 4.78 is 5.52. The first-order valence-electron chi connectivity index (χ1n) is 8.14. The van der Waals surface area contributed by atoms with Gasteiger partial charge in [-0.25, -0.2) is 0 Å². The predicted molar refractivity (Wildman–Crippen MR) is 74.5 cm³/mol. The lowest BCUT2D eigenvalue weighted by Crippen LogP contribution is -2.58. The van der Waals surface area contributed by atoms with Crippen LogP contribution in [0.3, 0.4) is 0 Å². The number of amides is 1. The first kappa shape index (κ1) is 13.6. The van der Waals surface area contributed by atoms with Gasteiger partial charge in [-0.2, -0.15) is 0 Å². The predicted octanol–water partition coefficient (Wildman–Crippen LogP) is 1.37. The molecule has 0 aromatic heterocycles. The summed E-state index contributed by atoms with van der Waals surface area (Å²) in [6.07, 6.45) is 3.53. The van der Waals surface area contributed by atoms with Gasteiger partial charge in [-0.15, -0.1) is 0 Å². The highest BCUT2D eigenvalue weighted by Gasteiger charge is 2.71. The zero-order valence-corrected chi connectivity index (χ0v) is 12.5. The largest absolute Gasteiger partial charge is 0.481 e. The van der Waals surface area contributed by atoms with Crippen LogP contribution in [0.4, 0.5) is 0 Å². The van der Waals surface area contributed by atoms with Gasteiger partial charge in [0.2, 0.25) is 5.91 Å². The fourth-order valence-corrected chi connectivity index (χ4v) is 5.14. The number of piperidine rings is 1. The summed E-state index contributed by atoms with van der Waals surface area (Å²) in [5.41, 5.74) is -0.108. The molecule has 5 nitrogen and oxygen atoms in total. The van der Waals surface area contributed by atoms with E-state index in [-0.39, 0.29) is 23.3 Å². The van der Waals surface area contributed by atoms with Crippen LogP contribution in [-0.2, 0) is 14.3 Å². The van der Waals surface area contributed by atoms with E-state index >= 15 is 0 Å². The molecule has 1 N–H and O–H groups in total. The van der Waals surface area contributed by atoms with Gasteiger partial charge in [-0.1, -0.05) is 6.92 Å². The molecular formula is C16H23NO4. The lowest BCUT2D eigenvalue weighted by molar-refractivity contribution is -0.159. The summed E-state index contributed by atoms with van der Waals surface area (Å²) >= 11 is 0. The topological polar surface area (TPSA) is 66.8 Å². The zero-order chi connectivity index (χ0) is 14.8. The molecule has 0 aromatic rings. The Kier molecular flexibility index (Phi) is 2.87. The smallest absolute Gasteiger partial charge is 0.308 e. The van der Waals surface area contributed by atoms with Gasteiger partial charge in [0.15, 0.2) is 0 Å². The van der Waals surface area contributed by atoms with Crippen LogP contribution in [0.15, 0.2) is 0 Å². The molecule has 21 heavy (non-hydrogen) atoms. The van der Waals surface area contributed by atoms with Crippen LogP contribution < -0.4 is 0 Å². The number of ether oxygens (including phenoxy) is 1. The number of rotatable bonds is 2. The number of likely N-dealkylation sites (tertiary alicyclic amines) is 1. The van der Waals surface area contributed by atoms with E-state index in [1.165, 1.54) is 0 Å². The van der Waals surface area contributed by atoms with Crippen LogP contribution in [0.1, 0.15) is 32.6 Å². The molecule has 0 unspecified atom stereocenters. The van der Waals surface area contributed by atoms with Crippen molar-refractivity contribution in [3.8, 4) is 0 Å². The van der Waals surface area contributed by atoms with Crippen molar-refractivity contribution in [2.45, 2.75) is 38.6 Å². The van der Waals surface area contributed by atoms with Gasteiger partial charge < -0.3 is 14.7 Å². The minimum Gasteiger partial charge on any atom is -0.481 e. The third-order valence-corrected chi connectivity index (χ3v) is 6.38. The molecule has 2 heterocycles. The van der Waals surface area contributed by atoms with Crippen molar-refractivity contribution in [3.63, 3.8) is 0 Å². The summed E-state index contributed by atoms with van der Waals surface area (Å²) in [4.78, 5) is 26.4. The van der Waals surface area contributed by atoms with E-state index in [0.717, 1.165) is 19.3 Å². The molecule has 0 spiro atoms. The molecule has 4 fully saturated rings. The Morgan fingerprint density at radius 3 is 2.76 bits per heavy atom. The number of carbonyl (C=O) groups excluding carboxylic acids is 1. The first-order chi connectivity index (χ1) is 10.0. The Labute approximate surface area is 124 Å². The van der Waals surface area contributed by atoms with Crippen LogP contribution in [-0.4, -0.2) is 47.7 Å². The molecule has 2 saturated heterocycles. The summed E-state index contributed by atoms with van der Waals surface area (Å²) in [5, 5.41) is 9.38. The highest BCUT2D eigenvalue weighted by Crippen LogP contribution is 2.71. The number of carboxylic acid groups (broad SMARTS) is 1. The Balaban J connectivity index is 1.56. The van der Waals surface area contributed by atoms with Gasteiger partial charge in [-0.05, 0) is 37.5 Å². The highest BCUT2D eigenvalue weighted by molar-refractivity contribution is 5.88. The van der Waals surface area contributed by atoms with Crippen LogP contribution in [0.2, 0.25) is 0 Å². The van der Waals surface area contributed by atoms with E-state index in [1.54, 1.807) is 0 Å². The summed E-state index contributed by atoms with van der Waals surface area (Å²) in [6.45, 7) is 3.91. The SMILES string of the molecule is C[C@@H]1C[C@@]2(C(=O)N3C[C@H](C(=O)O)C[C@@H]4COCC[C@H]43)C[C@@H]12. The maximum Gasteiger partial charge on any atom is 0.308 e. The van der Waals surface area contributed by atoms with Gasteiger partial charge in [0.1, 0.15) is 0 Å². The summed E-state index contributed by atoms with van der Waals surface area (Å²) in [5.74, 6) is 0.469. The Morgan fingerprint density at radius 2 is 2.14 bits per heavy atom. The Bertz CT molecular complexity index is 493. The number of fused-ring (bicyclic) bond motifs is 2. The zero-order valence-electron chi connectivity index (χ0n) is 12.5. The molecule has 116 valence electrons. The maximum atomic E-state index is 13.0. The Hall–Kier alpha value is -1.10. The second kappa shape index (κ2) is 4.45. The van der Waals surface area contributed by atoms with Crippen molar-refractivity contribution in [3.05, 3.63) is 0 Å². The van der Waals surface area contributed by atoms with Gasteiger partial charge >= 0.3 is 5.97 Å². The van der Waals surface area contributed by atoms with Crippen molar-refractivity contribution in [1.29, 1.82) is 0 Å². The maximum absolute atomic E-state index is 13.0. The molecule has 1 amide bonds. The van der Waals surface area contributed by atoms with Crippen molar-refractivity contribution in [1.82, 2.24) is 4.90 Å². The summed E-state index contributed by atoms with van der Waals surface area (Å²) in [7, 11) is 0. The number of aliphatic carboxylic acids is 1. The summed E-state index contributed by atoms with van der Waals surface area (Å²) in [6, 6.07) is 0.202. The molecule has 0 bridgehead atoms. The quantitative estimate of drug-likeness (QED) is 0.835. The highest BCUT2D eigenvalue weighted by atomic mass is 16.5. The number of hydrogen-bond acceptors (Lipinski definition) is 3. The van der Waals surface area contributed by atoms with Crippen LogP contribution in [0.5, 0.6) is 0 Å². The van der Waals surface area contributed by atoms with E-state index in [4.69, 9.17) is 4.74 Å². The fraction of sp³-hybridized carbons (Fsp3) is 0.875. The normalized spacial score (nSPS) is 47.9. The molecule has 2 saturated carbocycles. The minimum absolute atomic E-state index is 0.108. The van der Waals surface area contributed by atoms with Gasteiger partial charge in [0.05, 0.1) is 17.9 Å². The molecule has 2 aliphatic heterocycles. The molecule has 4 aliphatic rings. The lowest BCUT2D eigenvalue weighted by Gasteiger charge is -2.48. The number of carbonyl (C=O) groups is 2. The third-order valence-electron chi connectivity index (χ3n) is 6.38. The molecule has 2 aliphatic carbocycles. The van der Waals surface area contributed by atoms with Gasteiger partial charge in [-0.3, -0.25) is 9.59 Å². The van der Waals surface area contributed by atoms with E-state index in [2.05, 4.69) is 6.92 Å². The van der Waals surface area contributed by atoms with E-state index in [0.29, 0.717) is 38.0 Å². The molecule has 0 radical (unpaired) electrons. The second-order valence-electron chi connectivity index (χ2n) is 7.57. The van der Waals surface area contributed by atoms with E-state index in [1.807, 2.05) is 4.90 Å². The number of carboxylic acids is 1. The molecule has 0 aromatic carbocycles. The second-order valence-corrected chi connectivity index (χ2v) is 7.57. The van der Waals surface area contributed by atoms with Crippen molar-refractivity contribution < 1.29 is 19.4 Å². The van der Waals surface area contributed by atoms with Crippen LogP contribution >= 0.6 is 0 Å². The van der Waals surface area contributed by atoms with Crippen LogP contribution in [0, 0.1) is 29.1 Å². The van der Waals surface area contributed by atoms with E-state index < -0.39 is 11.9 Å². The monoisotopic (exact) mass is 293 g/mol. The standard InChI is InChI=1S/C16H23NO4/c1-9-5-16(6-12(9)16)15(20)17-7-10(14(18)19)4-11-8-21-3-2-13(11)17/h9-13H,2-8H2,1H3,(H,18,19)/t9-,10-,11-,12+,13-,16-/m1/s1. The van der Waals surface area contributed by atoms with Gasteiger partial charge in [0, 0.05) is 25.1 Å². The fourth-order valence-electron chi connectivity index (χ4n) is 5.14. The molecule has 5 heteroatoms. The average Bonchev–Trinajstić information content (AvgIpc) is 3.11. The number of nitrogens with zero attached hydrogens (tertiary/aromatic N) is 1. The van der Waals surface area contributed by atoms with Gasteiger partial charge in [0.25, 0.3) is 0 Å². The van der Waals surface area contributed by atoms with E-state index in [9.17, 15) is 14.7 Å². The molecule has 6 atom stereocenters. The Morgan fingerprint density at radius 1 is 1.33 bits per heavy atom. The van der Waals surface area contributed by atoms with Crippen molar-refractivity contribution in [2.24, 2.45) is 29.1 Å². The number of hydrogen-bond donors (Lipinski definition) is 1. The van der Waals surface area contributed by atoms with Crippen molar-refractivity contribution in [2.75, 3.05) is 19.8 Å².